The lowest BCUT2D eigenvalue weighted by Crippen LogP contribution is -2.31. The van der Waals surface area contributed by atoms with Crippen LogP contribution in [0.4, 0.5) is 11.4 Å². The maximum atomic E-state index is 11.8. The van der Waals surface area contributed by atoms with Crippen molar-refractivity contribution in [3.8, 4) is 0 Å². The van der Waals surface area contributed by atoms with E-state index >= 15 is 0 Å². The zero-order valence-electron chi connectivity index (χ0n) is 14.8. The highest BCUT2D eigenvalue weighted by Crippen LogP contribution is 2.26. The van der Waals surface area contributed by atoms with Crippen LogP contribution in [0.3, 0.4) is 0 Å². The molecule has 1 aliphatic heterocycles. The third kappa shape index (κ3) is 3.62. The van der Waals surface area contributed by atoms with Crippen molar-refractivity contribution in [3.63, 3.8) is 0 Å². The van der Waals surface area contributed by atoms with Gasteiger partial charge in [-0.25, -0.2) is 4.99 Å². The van der Waals surface area contributed by atoms with E-state index in [9.17, 15) is 4.79 Å². The first-order valence-electron chi connectivity index (χ1n) is 8.35. The molecule has 5 nitrogen and oxygen atoms in total. The van der Waals surface area contributed by atoms with Crippen LogP contribution in [-0.2, 0) is 4.79 Å². The Labute approximate surface area is 153 Å². The number of ketones is 1. The second-order valence-electron chi connectivity index (χ2n) is 6.75. The first-order valence-corrected chi connectivity index (χ1v) is 8.73. The van der Waals surface area contributed by atoms with Crippen LogP contribution in [0, 0.1) is 0 Å². The van der Waals surface area contributed by atoms with E-state index in [4.69, 9.17) is 17.3 Å². The van der Waals surface area contributed by atoms with Gasteiger partial charge in [-0.2, -0.15) is 0 Å². The number of anilines is 1. The quantitative estimate of drug-likeness (QED) is 0.844. The molecule has 1 saturated heterocycles. The van der Waals surface area contributed by atoms with Crippen LogP contribution < -0.4 is 10.6 Å². The fourth-order valence-electron chi connectivity index (χ4n) is 3.12. The first-order chi connectivity index (χ1) is 11.9. The van der Waals surface area contributed by atoms with E-state index in [-0.39, 0.29) is 16.5 Å². The Kier molecular flexibility index (Phi) is 4.97. The number of allylic oxidation sites excluding steroid dienone is 3. The second-order valence-corrected chi connectivity index (χ2v) is 7.13. The van der Waals surface area contributed by atoms with Crippen molar-refractivity contribution in [2.24, 2.45) is 10.7 Å². The Morgan fingerprint density at radius 2 is 1.96 bits per heavy atom. The van der Waals surface area contributed by atoms with E-state index in [1.54, 1.807) is 13.0 Å². The van der Waals surface area contributed by atoms with Gasteiger partial charge in [0.25, 0.3) is 0 Å². The lowest BCUT2D eigenvalue weighted by Gasteiger charge is -2.21. The lowest BCUT2D eigenvalue weighted by molar-refractivity contribution is -0.111. The average Bonchev–Trinajstić information content (AvgIpc) is 3.09. The normalized spacial score (nSPS) is 23.0. The molecule has 1 unspecified atom stereocenters. The number of carbonyl (C=O) groups excluding carboxylic acids is 1. The van der Waals surface area contributed by atoms with E-state index in [1.165, 1.54) is 12.1 Å². The topological polar surface area (TPSA) is 61.9 Å². The molecular weight excluding hydrogens is 336 g/mol. The van der Waals surface area contributed by atoms with Crippen molar-refractivity contribution in [2.45, 2.75) is 19.4 Å². The highest BCUT2D eigenvalue weighted by molar-refractivity contribution is 6.49. The van der Waals surface area contributed by atoms with E-state index in [0.717, 1.165) is 18.8 Å². The van der Waals surface area contributed by atoms with E-state index in [0.29, 0.717) is 17.3 Å². The summed E-state index contributed by atoms with van der Waals surface area (Å²) < 4.78 is 0. The maximum Gasteiger partial charge on any atom is 0.202 e. The Morgan fingerprint density at radius 1 is 1.28 bits per heavy atom. The summed E-state index contributed by atoms with van der Waals surface area (Å²) in [6, 6.07) is 8.67. The number of aliphatic imine (C=N–C) groups is 1. The zero-order chi connectivity index (χ0) is 18.1. The Hall–Kier alpha value is -2.11. The summed E-state index contributed by atoms with van der Waals surface area (Å²) in [7, 11) is 4.25. The predicted octanol–water partition coefficient (Wildman–Crippen LogP) is 2.84. The minimum atomic E-state index is -0.238. The molecule has 0 aromatic heterocycles. The smallest absolute Gasteiger partial charge is 0.202 e. The lowest BCUT2D eigenvalue weighted by atomic mass is 10.0. The van der Waals surface area contributed by atoms with Gasteiger partial charge in [-0.15, -0.1) is 0 Å². The molecule has 25 heavy (non-hydrogen) atoms. The molecule has 1 fully saturated rings. The summed E-state index contributed by atoms with van der Waals surface area (Å²) in [6.07, 6.45) is 2.86. The first kappa shape index (κ1) is 17.7. The van der Waals surface area contributed by atoms with Gasteiger partial charge in [0.05, 0.1) is 17.1 Å². The van der Waals surface area contributed by atoms with E-state index < -0.39 is 0 Å². The van der Waals surface area contributed by atoms with Crippen LogP contribution in [0.25, 0.3) is 0 Å². The zero-order valence-corrected chi connectivity index (χ0v) is 15.5. The van der Waals surface area contributed by atoms with Gasteiger partial charge < -0.3 is 15.5 Å². The third-order valence-electron chi connectivity index (χ3n) is 4.78. The molecule has 1 aliphatic carbocycles. The SMILES string of the molecule is CC1=C/C(=N\c2ccc(N3CCC(N(C)C)C3)cc2)C(N)=C(Cl)C1=O. The van der Waals surface area contributed by atoms with Crippen LogP contribution in [-0.4, -0.2) is 49.6 Å². The summed E-state index contributed by atoms with van der Waals surface area (Å²) in [5.41, 5.74) is 9.22. The van der Waals surface area contributed by atoms with Crippen LogP contribution in [0.15, 0.2) is 51.6 Å². The van der Waals surface area contributed by atoms with Crippen LogP contribution in [0.1, 0.15) is 13.3 Å². The van der Waals surface area contributed by atoms with Crippen molar-refractivity contribution in [1.29, 1.82) is 0 Å². The highest BCUT2D eigenvalue weighted by Gasteiger charge is 2.24. The van der Waals surface area contributed by atoms with Crippen LogP contribution in [0.5, 0.6) is 0 Å². The van der Waals surface area contributed by atoms with Crippen molar-refractivity contribution in [3.05, 3.63) is 46.6 Å². The van der Waals surface area contributed by atoms with Gasteiger partial charge in [-0.3, -0.25) is 4.79 Å². The van der Waals surface area contributed by atoms with Gasteiger partial charge in [0.15, 0.2) is 0 Å². The largest absolute Gasteiger partial charge is 0.396 e. The molecule has 1 heterocycles. The Bertz CT molecular complexity index is 777. The summed E-state index contributed by atoms with van der Waals surface area (Å²) in [4.78, 5) is 21.0. The second kappa shape index (κ2) is 7.02. The van der Waals surface area contributed by atoms with Crippen molar-refractivity contribution in [1.82, 2.24) is 4.90 Å². The van der Waals surface area contributed by atoms with Crippen molar-refractivity contribution < 1.29 is 4.79 Å². The number of Topliss-reactive ketones (excluding diaryl/α,β-unsaturated/α-hetero) is 1. The van der Waals surface area contributed by atoms with Gasteiger partial charge in [0.2, 0.25) is 5.78 Å². The standard InChI is InChI=1S/C19H23ClN4O/c1-12-10-16(18(21)17(20)19(12)25)22-13-4-6-14(7-5-13)24-9-8-15(11-24)23(2)3/h4-7,10,15H,8-9,11,21H2,1-3H3/b22-16+. The molecule has 0 bridgehead atoms. The predicted molar refractivity (Wildman–Crippen MR) is 104 cm³/mol. The maximum absolute atomic E-state index is 11.8. The molecule has 3 rings (SSSR count). The molecule has 0 radical (unpaired) electrons. The number of carbonyl (C=O) groups is 1. The molecular formula is C19H23ClN4O. The molecule has 0 saturated carbocycles. The van der Waals surface area contributed by atoms with E-state index in [1.807, 2.05) is 12.1 Å². The number of nitrogens with zero attached hydrogens (tertiary/aromatic N) is 3. The van der Waals surface area contributed by atoms with Crippen LogP contribution in [0.2, 0.25) is 0 Å². The number of benzene rings is 1. The van der Waals surface area contributed by atoms with Crippen molar-refractivity contribution >= 4 is 34.5 Å². The molecule has 0 amide bonds. The summed E-state index contributed by atoms with van der Waals surface area (Å²) in [5.74, 6) is -0.238. The number of rotatable bonds is 3. The minimum absolute atomic E-state index is 0.0437. The molecule has 132 valence electrons. The number of nitrogens with two attached hydrogens (primary N) is 1. The van der Waals surface area contributed by atoms with Gasteiger partial charge in [0, 0.05) is 30.4 Å². The van der Waals surface area contributed by atoms with Gasteiger partial charge in [0.1, 0.15) is 5.03 Å². The third-order valence-corrected chi connectivity index (χ3v) is 5.16. The molecule has 2 aliphatic rings. The molecule has 2 N–H and O–H groups in total. The fourth-order valence-corrected chi connectivity index (χ4v) is 3.37. The van der Waals surface area contributed by atoms with Gasteiger partial charge in [-0.05, 0) is 57.8 Å². The average molecular weight is 359 g/mol. The van der Waals surface area contributed by atoms with Crippen LogP contribution >= 0.6 is 11.6 Å². The summed E-state index contributed by atoms with van der Waals surface area (Å²) in [5, 5.41) is 0.0437. The number of halogens is 1. The Morgan fingerprint density at radius 3 is 2.56 bits per heavy atom. The van der Waals surface area contributed by atoms with E-state index in [2.05, 4.69) is 41.0 Å². The monoisotopic (exact) mass is 358 g/mol. The molecule has 1 aromatic carbocycles. The molecule has 1 atom stereocenters. The number of likely N-dealkylation sites (N-methyl/N-ethyl adjacent to an activating group) is 1. The highest BCUT2D eigenvalue weighted by atomic mass is 35.5. The number of hydrogen-bond acceptors (Lipinski definition) is 5. The van der Waals surface area contributed by atoms with Crippen molar-refractivity contribution in [2.75, 3.05) is 32.1 Å². The fraction of sp³-hybridized carbons (Fsp3) is 0.368. The Balaban J connectivity index is 1.79. The molecule has 1 aromatic rings. The number of hydrogen-bond donors (Lipinski definition) is 1. The summed E-state index contributed by atoms with van der Waals surface area (Å²) in [6.45, 7) is 3.81. The summed E-state index contributed by atoms with van der Waals surface area (Å²) >= 11 is 6.00. The minimum Gasteiger partial charge on any atom is -0.396 e. The van der Waals surface area contributed by atoms with Gasteiger partial charge >= 0.3 is 0 Å². The molecule has 6 heteroatoms. The van der Waals surface area contributed by atoms with Gasteiger partial charge in [-0.1, -0.05) is 11.6 Å². The molecule has 0 spiro atoms.